The molecule has 0 saturated heterocycles. The molecule has 0 aliphatic carbocycles. The predicted molar refractivity (Wildman–Crippen MR) is 127 cm³/mol. The first-order chi connectivity index (χ1) is 14.9. The minimum atomic E-state index is -0.312. The second kappa shape index (κ2) is 9.19. The van der Waals surface area contributed by atoms with Gasteiger partial charge in [0, 0.05) is 27.2 Å². The summed E-state index contributed by atoms with van der Waals surface area (Å²) in [6.07, 6.45) is 1.74. The molecule has 4 rings (SSSR count). The van der Waals surface area contributed by atoms with Crippen LogP contribution in [0.5, 0.6) is 0 Å². The number of aromatic nitrogens is 2. The van der Waals surface area contributed by atoms with Crippen molar-refractivity contribution >= 4 is 46.3 Å². The molecule has 3 aromatic rings. The topological polar surface area (TPSA) is 54.5 Å². The van der Waals surface area contributed by atoms with Crippen LogP contribution in [0.1, 0.15) is 62.9 Å². The first-order valence-electron chi connectivity index (χ1n) is 10.3. The maximum absolute atomic E-state index is 6.57. The van der Waals surface area contributed by atoms with Gasteiger partial charge in [-0.05, 0) is 55.3 Å². The number of halogens is 3. The number of anilines is 1. The van der Waals surface area contributed by atoms with Crippen LogP contribution in [0.15, 0.2) is 51.9 Å². The van der Waals surface area contributed by atoms with Crippen molar-refractivity contribution in [2.45, 2.75) is 51.6 Å². The Bertz CT molecular complexity index is 1100. The fourth-order valence-electron chi connectivity index (χ4n) is 3.73. The van der Waals surface area contributed by atoms with E-state index in [0.717, 1.165) is 29.9 Å². The van der Waals surface area contributed by atoms with Crippen molar-refractivity contribution in [1.29, 1.82) is 0 Å². The Kier molecular flexibility index (Phi) is 6.56. The number of nitrogens with zero attached hydrogens (tertiary/aromatic N) is 4. The zero-order valence-corrected chi connectivity index (χ0v) is 19.8. The third-order valence-electron chi connectivity index (χ3n) is 5.62. The van der Waals surface area contributed by atoms with Crippen molar-refractivity contribution in [3.8, 4) is 0 Å². The van der Waals surface area contributed by atoms with Crippen LogP contribution in [0, 0.1) is 0 Å². The standard InChI is InChI=1S/C23H23Cl3N4O/c1-4-13(3)22-28-29-23(31-22)20-19(5-2)30(16-9-6-14(24)7-10-16)21(27-20)17-11-8-15(25)12-18(17)26/h6-13,19-20H,4-5H2,1-3H3. The van der Waals surface area contributed by atoms with E-state index < -0.39 is 0 Å². The van der Waals surface area contributed by atoms with E-state index in [4.69, 9.17) is 44.2 Å². The highest BCUT2D eigenvalue weighted by Gasteiger charge is 2.41. The molecule has 0 N–H and O–H groups in total. The van der Waals surface area contributed by atoms with Gasteiger partial charge < -0.3 is 9.32 Å². The fourth-order valence-corrected chi connectivity index (χ4v) is 4.35. The zero-order valence-electron chi connectivity index (χ0n) is 17.5. The number of benzene rings is 2. The van der Waals surface area contributed by atoms with E-state index >= 15 is 0 Å². The van der Waals surface area contributed by atoms with Crippen LogP contribution in [0.3, 0.4) is 0 Å². The van der Waals surface area contributed by atoms with Gasteiger partial charge >= 0.3 is 0 Å². The molecule has 3 atom stereocenters. The summed E-state index contributed by atoms with van der Waals surface area (Å²) >= 11 is 18.8. The van der Waals surface area contributed by atoms with Gasteiger partial charge in [0.15, 0.2) is 6.04 Å². The van der Waals surface area contributed by atoms with Gasteiger partial charge in [-0.25, -0.2) is 0 Å². The number of hydrogen-bond acceptors (Lipinski definition) is 5. The van der Waals surface area contributed by atoms with E-state index in [9.17, 15) is 0 Å². The first kappa shape index (κ1) is 22.1. The summed E-state index contributed by atoms with van der Waals surface area (Å²) in [7, 11) is 0. The third-order valence-corrected chi connectivity index (χ3v) is 6.42. The lowest BCUT2D eigenvalue weighted by Gasteiger charge is -2.29. The van der Waals surface area contributed by atoms with Gasteiger partial charge in [0.2, 0.25) is 11.8 Å². The lowest BCUT2D eigenvalue weighted by atomic mass is 10.0. The molecular formula is C23H23Cl3N4O. The monoisotopic (exact) mass is 476 g/mol. The van der Waals surface area contributed by atoms with Crippen molar-refractivity contribution in [2.24, 2.45) is 4.99 Å². The number of rotatable bonds is 6. The van der Waals surface area contributed by atoms with Gasteiger partial charge in [-0.2, -0.15) is 0 Å². The Morgan fingerprint density at radius 1 is 1.00 bits per heavy atom. The predicted octanol–water partition coefficient (Wildman–Crippen LogP) is 7.33. The summed E-state index contributed by atoms with van der Waals surface area (Å²) in [5.74, 6) is 2.09. The molecular weight excluding hydrogens is 455 g/mol. The van der Waals surface area contributed by atoms with Gasteiger partial charge in [-0.15, -0.1) is 10.2 Å². The van der Waals surface area contributed by atoms with Crippen LogP contribution in [0.4, 0.5) is 5.69 Å². The second-order valence-corrected chi connectivity index (χ2v) is 8.91. The van der Waals surface area contributed by atoms with E-state index in [1.54, 1.807) is 6.07 Å². The van der Waals surface area contributed by atoms with Crippen molar-refractivity contribution in [2.75, 3.05) is 4.90 Å². The first-order valence-corrected chi connectivity index (χ1v) is 11.5. The number of hydrogen-bond donors (Lipinski definition) is 0. The second-order valence-electron chi connectivity index (χ2n) is 7.63. The molecule has 0 bridgehead atoms. The Morgan fingerprint density at radius 2 is 1.71 bits per heavy atom. The average molecular weight is 478 g/mol. The zero-order chi connectivity index (χ0) is 22.1. The molecule has 0 spiro atoms. The molecule has 1 aliphatic heterocycles. The number of amidine groups is 1. The Hall–Kier alpha value is -2.08. The maximum Gasteiger partial charge on any atom is 0.243 e. The van der Waals surface area contributed by atoms with E-state index in [1.165, 1.54) is 0 Å². The van der Waals surface area contributed by atoms with Crippen LogP contribution in [0.2, 0.25) is 15.1 Å². The molecule has 2 heterocycles. The largest absolute Gasteiger partial charge is 0.423 e. The SMILES string of the molecule is CCC(C)c1nnc(C2N=C(c3ccc(Cl)cc3Cl)N(c3ccc(Cl)cc3)C2CC)o1. The molecule has 31 heavy (non-hydrogen) atoms. The van der Waals surface area contributed by atoms with Gasteiger partial charge in [0.05, 0.1) is 11.1 Å². The molecule has 162 valence electrons. The lowest BCUT2D eigenvalue weighted by molar-refractivity contribution is 0.378. The van der Waals surface area contributed by atoms with Crippen LogP contribution in [-0.2, 0) is 0 Å². The van der Waals surface area contributed by atoms with E-state index in [0.29, 0.717) is 26.8 Å². The highest BCUT2D eigenvalue weighted by Crippen LogP contribution is 2.40. The van der Waals surface area contributed by atoms with Crippen molar-refractivity contribution in [3.05, 3.63) is 74.9 Å². The average Bonchev–Trinajstić information content (AvgIpc) is 3.38. The van der Waals surface area contributed by atoms with Crippen LogP contribution in [0.25, 0.3) is 0 Å². The molecule has 5 nitrogen and oxygen atoms in total. The third kappa shape index (κ3) is 4.32. The molecule has 1 aromatic heterocycles. The smallest absolute Gasteiger partial charge is 0.243 e. The Balaban J connectivity index is 1.83. The Labute approximate surface area is 197 Å². The summed E-state index contributed by atoms with van der Waals surface area (Å²) < 4.78 is 6.06. The van der Waals surface area contributed by atoms with Crippen LogP contribution in [-0.4, -0.2) is 22.1 Å². The summed E-state index contributed by atoms with van der Waals surface area (Å²) in [4.78, 5) is 7.21. The van der Waals surface area contributed by atoms with E-state index in [1.807, 2.05) is 36.4 Å². The molecule has 3 unspecified atom stereocenters. The fraction of sp³-hybridized carbons (Fsp3) is 0.348. The van der Waals surface area contributed by atoms with Gasteiger partial charge in [0.25, 0.3) is 0 Å². The van der Waals surface area contributed by atoms with Gasteiger partial charge in [0.1, 0.15) is 5.84 Å². The maximum atomic E-state index is 6.57. The summed E-state index contributed by atoms with van der Waals surface area (Å²) in [6.45, 7) is 6.29. The van der Waals surface area contributed by atoms with Crippen LogP contribution >= 0.6 is 34.8 Å². The molecule has 1 aliphatic rings. The molecule has 0 saturated carbocycles. The lowest BCUT2D eigenvalue weighted by Crippen LogP contribution is -2.37. The van der Waals surface area contributed by atoms with Crippen molar-refractivity contribution in [3.63, 3.8) is 0 Å². The van der Waals surface area contributed by atoms with Gasteiger partial charge in [-0.3, -0.25) is 4.99 Å². The Morgan fingerprint density at radius 3 is 2.35 bits per heavy atom. The summed E-state index contributed by atoms with van der Waals surface area (Å²) in [6, 6.07) is 12.8. The molecule has 0 amide bonds. The van der Waals surface area contributed by atoms with Crippen LogP contribution < -0.4 is 4.90 Å². The summed E-state index contributed by atoms with van der Waals surface area (Å²) in [5.41, 5.74) is 1.76. The molecule has 8 heteroatoms. The normalized spacial score (nSPS) is 19.5. The molecule has 0 fully saturated rings. The molecule has 0 radical (unpaired) electrons. The highest BCUT2D eigenvalue weighted by molar-refractivity contribution is 6.37. The number of aliphatic imine (C=N–C) groups is 1. The quantitative estimate of drug-likeness (QED) is 0.373. The summed E-state index contributed by atoms with van der Waals surface area (Å²) in [5, 5.41) is 10.4. The minimum absolute atomic E-state index is 0.0202. The minimum Gasteiger partial charge on any atom is -0.423 e. The highest BCUT2D eigenvalue weighted by atomic mass is 35.5. The van der Waals surface area contributed by atoms with Crippen molar-refractivity contribution in [1.82, 2.24) is 10.2 Å². The van der Waals surface area contributed by atoms with Crippen molar-refractivity contribution < 1.29 is 4.42 Å². The van der Waals surface area contributed by atoms with E-state index in [-0.39, 0.29) is 18.0 Å². The van der Waals surface area contributed by atoms with E-state index in [2.05, 4.69) is 35.9 Å². The van der Waals surface area contributed by atoms with Gasteiger partial charge in [-0.1, -0.05) is 55.6 Å². The molecule has 2 aromatic carbocycles.